The number of hydrazone groups is 1. The zero-order valence-electron chi connectivity index (χ0n) is 11.3. The Labute approximate surface area is 99.3 Å². The van der Waals surface area contributed by atoms with Gasteiger partial charge in [-0.25, -0.2) is 5.01 Å². The Hall–Kier alpha value is -1.38. The first-order chi connectivity index (χ1) is 7.56. The molecule has 0 atom stereocenters. The van der Waals surface area contributed by atoms with Gasteiger partial charge < -0.3 is 0 Å². The first-order valence-corrected chi connectivity index (χ1v) is 5.75. The molecule has 3 heteroatoms. The fourth-order valence-corrected chi connectivity index (χ4v) is 1.20. The molecule has 1 aliphatic rings. The van der Waals surface area contributed by atoms with Crippen molar-refractivity contribution in [3.05, 3.63) is 23.2 Å². The third-order valence-electron chi connectivity index (χ3n) is 2.09. The summed E-state index contributed by atoms with van der Waals surface area (Å²) >= 11 is 0. The van der Waals surface area contributed by atoms with E-state index in [1.54, 1.807) is 5.01 Å². The van der Waals surface area contributed by atoms with E-state index in [0.29, 0.717) is 5.92 Å². The van der Waals surface area contributed by atoms with Crippen LogP contribution in [0.25, 0.3) is 0 Å². The summed E-state index contributed by atoms with van der Waals surface area (Å²) in [6.45, 7) is 15.8. The number of rotatable bonds is 2. The maximum absolute atomic E-state index is 4.38. The van der Waals surface area contributed by atoms with Gasteiger partial charge in [0.25, 0.3) is 0 Å². The van der Waals surface area contributed by atoms with E-state index >= 15 is 0 Å². The molecule has 0 aromatic rings. The SMILES string of the molecule is C=NN1C=C(C(C)C)N=CC1=C(C)C.CC. The van der Waals surface area contributed by atoms with Crippen molar-refractivity contribution in [2.24, 2.45) is 16.0 Å². The molecule has 0 spiro atoms. The molecule has 0 saturated heterocycles. The highest BCUT2D eigenvalue weighted by Crippen LogP contribution is 2.21. The maximum Gasteiger partial charge on any atom is 0.0815 e. The minimum absolute atomic E-state index is 0.411. The molecule has 0 radical (unpaired) electrons. The van der Waals surface area contributed by atoms with Crippen LogP contribution in [0, 0.1) is 5.92 Å². The van der Waals surface area contributed by atoms with Crippen molar-refractivity contribution in [2.75, 3.05) is 0 Å². The zero-order valence-corrected chi connectivity index (χ0v) is 11.3. The van der Waals surface area contributed by atoms with Crippen molar-refractivity contribution in [1.29, 1.82) is 0 Å². The molecule has 1 aliphatic heterocycles. The summed E-state index contributed by atoms with van der Waals surface area (Å²) in [4.78, 5) is 4.38. The smallest absolute Gasteiger partial charge is 0.0815 e. The average molecular weight is 221 g/mol. The van der Waals surface area contributed by atoms with Gasteiger partial charge in [-0.2, -0.15) is 5.10 Å². The summed E-state index contributed by atoms with van der Waals surface area (Å²) in [6.07, 6.45) is 3.78. The third kappa shape index (κ3) is 3.65. The van der Waals surface area contributed by atoms with Crippen molar-refractivity contribution in [3.63, 3.8) is 0 Å². The third-order valence-corrected chi connectivity index (χ3v) is 2.09. The van der Waals surface area contributed by atoms with Crippen LogP contribution < -0.4 is 0 Å². The number of allylic oxidation sites excluding steroid dienone is 3. The predicted molar refractivity (Wildman–Crippen MR) is 72.5 cm³/mol. The average Bonchev–Trinajstić information content (AvgIpc) is 2.30. The predicted octanol–water partition coefficient (Wildman–Crippen LogP) is 3.81. The Kier molecular flexibility index (Phi) is 6.38. The second-order valence-electron chi connectivity index (χ2n) is 3.84. The molecule has 1 rings (SSSR count). The van der Waals surface area contributed by atoms with Crippen LogP contribution in [0.2, 0.25) is 0 Å². The van der Waals surface area contributed by atoms with Gasteiger partial charge in [0.2, 0.25) is 0 Å². The quantitative estimate of drug-likeness (QED) is 0.652. The lowest BCUT2D eigenvalue weighted by molar-refractivity contribution is 0.502. The van der Waals surface area contributed by atoms with Crippen LogP contribution in [0.3, 0.4) is 0 Å². The fourth-order valence-electron chi connectivity index (χ4n) is 1.20. The highest BCUT2D eigenvalue weighted by molar-refractivity contribution is 5.81. The lowest BCUT2D eigenvalue weighted by Gasteiger charge is -2.22. The summed E-state index contributed by atoms with van der Waals surface area (Å²) in [5.41, 5.74) is 3.21. The van der Waals surface area contributed by atoms with E-state index < -0.39 is 0 Å². The van der Waals surface area contributed by atoms with Crippen LogP contribution >= 0.6 is 0 Å². The molecule has 0 bridgehead atoms. The summed E-state index contributed by atoms with van der Waals surface area (Å²) in [6, 6.07) is 0. The van der Waals surface area contributed by atoms with Gasteiger partial charge in [-0.15, -0.1) is 0 Å². The topological polar surface area (TPSA) is 28.0 Å². The largest absolute Gasteiger partial charge is 0.257 e. The number of nitrogens with zero attached hydrogens (tertiary/aromatic N) is 3. The van der Waals surface area contributed by atoms with Gasteiger partial charge in [0.1, 0.15) is 0 Å². The van der Waals surface area contributed by atoms with Gasteiger partial charge in [-0.3, -0.25) is 4.99 Å². The van der Waals surface area contributed by atoms with Crippen LogP contribution in [-0.4, -0.2) is 17.9 Å². The normalized spacial score (nSPS) is 14.3. The number of hydrogen-bond acceptors (Lipinski definition) is 3. The van der Waals surface area contributed by atoms with E-state index in [0.717, 1.165) is 11.4 Å². The van der Waals surface area contributed by atoms with Gasteiger partial charge in [0, 0.05) is 6.72 Å². The number of aliphatic imine (C=N–C) groups is 1. The molecule has 1 heterocycles. The monoisotopic (exact) mass is 221 g/mol. The standard InChI is InChI=1S/C11H17N3.C2H6/c1-8(2)10-7-14(12-5)11(6-13-10)9(3)4;1-2/h6-8H,5H2,1-4H3;1-2H3. The van der Waals surface area contributed by atoms with E-state index in [4.69, 9.17) is 0 Å². The lowest BCUT2D eigenvalue weighted by atomic mass is 10.1. The first-order valence-electron chi connectivity index (χ1n) is 5.75. The summed E-state index contributed by atoms with van der Waals surface area (Å²) < 4.78 is 0. The number of hydrogen-bond donors (Lipinski definition) is 0. The Balaban J connectivity index is 0.00000106. The highest BCUT2D eigenvalue weighted by atomic mass is 15.4. The molecule has 0 aromatic heterocycles. The van der Waals surface area contributed by atoms with Gasteiger partial charge in [-0.1, -0.05) is 27.7 Å². The minimum atomic E-state index is 0.411. The fraction of sp³-hybridized carbons (Fsp3) is 0.538. The molecule has 3 nitrogen and oxygen atoms in total. The molecule has 0 fully saturated rings. The van der Waals surface area contributed by atoms with Gasteiger partial charge >= 0.3 is 0 Å². The molecule has 0 unspecified atom stereocenters. The van der Waals surface area contributed by atoms with E-state index in [-0.39, 0.29) is 0 Å². The van der Waals surface area contributed by atoms with Crippen molar-refractivity contribution >= 4 is 12.9 Å². The van der Waals surface area contributed by atoms with Crippen LogP contribution in [0.4, 0.5) is 0 Å². The first kappa shape index (κ1) is 14.6. The van der Waals surface area contributed by atoms with Crippen LogP contribution in [-0.2, 0) is 0 Å². The van der Waals surface area contributed by atoms with Crippen molar-refractivity contribution in [1.82, 2.24) is 5.01 Å². The van der Waals surface area contributed by atoms with Crippen molar-refractivity contribution in [2.45, 2.75) is 41.5 Å². The van der Waals surface area contributed by atoms with Crippen molar-refractivity contribution < 1.29 is 0 Å². The Morgan fingerprint density at radius 2 is 1.94 bits per heavy atom. The summed E-state index contributed by atoms with van der Waals surface area (Å²) in [7, 11) is 0. The Bertz CT molecular complexity index is 318. The summed E-state index contributed by atoms with van der Waals surface area (Å²) in [5, 5.41) is 5.72. The highest BCUT2D eigenvalue weighted by Gasteiger charge is 2.13. The molecule has 90 valence electrons. The molecular formula is C13H23N3. The van der Waals surface area contributed by atoms with Crippen molar-refractivity contribution in [3.8, 4) is 0 Å². The molecule has 0 aliphatic carbocycles. The zero-order chi connectivity index (χ0) is 12.7. The summed E-state index contributed by atoms with van der Waals surface area (Å²) in [5.74, 6) is 0.411. The molecule has 0 saturated carbocycles. The maximum atomic E-state index is 4.38. The van der Waals surface area contributed by atoms with Crippen LogP contribution in [0.1, 0.15) is 41.5 Å². The van der Waals surface area contributed by atoms with E-state index in [1.807, 2.05) is 40.1 Å². The van der Waals surface area contributed by atoms with Gasteiger partial charge in [0.15, 0.2) is 0 Å². The van der Waals surface area contributed by atoms with Crippen LogP contribution in [0.5, 0.6) is 0 Å². The molecule has 0 aromatic carbocycles. The molecular weight excluding hydrogens is 198 g/mol. The van der Waals surface area contributed by atoms with Gasteiger partial charge in [-0.05, 0) is 25.3 Å². The van der Waals surface area contributed by atoms with Crippen LogP contribution in [0.15, 0.2) is 33.3 Å². The van der Waals surface area contributed by atoms with E-state index in [9.17, 15) is 0 Å². The molecule has 0 N–H and O–H groups in total. The Morgan fingerprint density at radius 3 is 2.31 bits per heavy atom. The second-order valence-corrected chi connectivity index (χ2v) is 3.84. The van der Waals surface area contributed by atoms with E-state index in [1.165, 1.54) is 5.57 Å². The minimum Gasteiger partial charge on any atom is -0.257 e. The Morgan fingerprint density at radius 1 is 1.38 bits per heavy atom. The second kappa shape index (κ2) is 6.99. The van der Waals surface area contributed by atoms with Gasteiger partial charge in [0.05, 0.1) is 23.8 Å². The van der Waals surface area contributed by atoms with E-state index in [2.05, 4.69) is 30.7 Å². The lowest BCUT2D eigenvalue weighted by Crippen LogP contribution is -2.17. The molecule has 16 heavy (non-hydrogen) atoms. The molecule has 0 amide bonds.